The molecule has 0 bridgehead atoms. The van der Waals surface area contributed by atoms with Crippen molar-refractivity contribution in [3.8, 4) is 11.1 Å². The van der Waals surface area contributed by atoms with Gasteiger partial charge in [-0.1, -0.05) is 17.3 Å². The molecule has 28 heavy (non-hydrogen) atoms. The van der Waals surface area contributed by atoms with Gasteiger partial charge in [0.25, 0.3) is 0 Å². The third-order valence-corrected chi connectivity index (χ3v) is 5.80. The van der Waals surface area contributed by atoms with E-state index in [4.69, 9.17) is 4.52 Å². The molecule has 0 saturated heterocycles. The Kier molecular flexibility index (Phi) is 4.70. The molecular formula is C19H17FN4O3S. The first-order valence-electron chi connectivity index (χ1n) is 8.58. The van der Waals surface area contributed by atoms with Crippen molar-refractivity contribution in [3.05, 3.63) is 66.2 Å². The highest BCUT2D eigenvalue weighted by Gasteiger charge is 2.15. The number of sulfonamides is 1. The Morgan fingerprint density at radius 2 is 1.96 bits per heavy atom. The summed E-state index contributed by atoms with van der Waals surface area (Å²) >= 11 is 0. The van der Waals surface area contributed by atoms with Gasteiger partial charge in [0, 0.05) is 35.6 Å². The smallest absolute Gasteiger partial charge is 0.240 e. The van der Waals surface area contributed by atoms with Crippen LogP contribution in [0.2, 0.25) is 0 Å². The van der Waals surface area contributed by atoms with Gasteiger partial charge in [0.2, 0.25) is 15.9 Å². The standard InChI is InChI=1S/C19H17FN4O3S/c1-12-23-19(27-24-12)8-9-22-28(25,26)15-5-2-13(3-6-15)17-11-21-18-10-14(20)4-7-16(17)18/h2-7,10-11,21-22H,8-9H2,1H3. The Balaban J connectivity index is 1.50. The highest BCUT2D eigenvalue weighted by Crippen LogP contribution is 2.29. The van der Waals surface area contributed by atoms with Gasteiger partial charge < -0.3 is 9.51 Å². The van der Waals surface area contributed by atoms with Crippen LogP contribution >= 0.6 is 0 Å². The summed E-state index contributed by atoms with van der Waals surface area (Å²) in [6.07, 6.45) is 2.09. The third kappa shape index (κ3) is 3.67. The first kappa shape index (κ1) is 18.3. The highest BCUT2D eigenvalue weighted by molar-refractivity contribution is 7.89. The SMILES string of the molecule is Cc1noc(CCNS(=O)(=O)c2ccc(-c3c[nH]c4cc(F)ccc34)cc2)n1. The molecule has 0 unspecified atom stereocenters. The number of H-pyrrole nitrogens is 1. The van der Waals surface area contributed by atoms with E-state index in [2.05, 4.69) is 19.8 Å². The molecule has 0 radical (unpaired) electrons. The van der Waals surface area contributed by atoms with E-state index in [1.54, 1.807) is 31.3 Å². The summed E-state index contributed by atoms with van der Waals surface area (Å²) in [5.41, 5.74) is 2.39. The molecule has 0 fully saturated rings. The lowest BCUT2D eigenvalue weighted by atomic mass is 10.1. The second-order valence-corrected chi connectivity index (χ2v) is 8.07. The molecule has 144 valence electrons. The van der Waals surface area contributed by atoms with Crippen LogP contribution in [0, 0.1) is 12.7 Å². The van der Waals surface area contributed by atoms with Crippen LogP contribution in [-0.2, 0) is 16.4 Å². The predicted octanol–water partition coefficient (Wildman–Crippen LogP) is 3.19. The van der Waals surface area contributed by atoms with E-state index >= 15 is 0 Å². The zero-order chi connectivity index (χ0) is 19.7. The molecule has 9 heteroatoms. The molecule has 0 saturated carbocycles. The van der Waals surface area contributed by atoms with Gasteiger partial charge in [0.15, 0.2) is 5.82 Å². The Bertz CT molecular complexity index is 1230. The Labute approximate surface area is 160 Å². The van der Waals surface area contributed by atoms with Crippen LogP contribution in [0.3, 0.4) is 0 Å². The van der Waals surface area contributed by atoms with Gasteiger partial charge in [0.1, 0.15) is 5.82 Å². The van der Waals surface area contributed by atoms with Crippen molar-refractivity contribution in [1.29, 1.82) is 0 Å². The number of fused-ring (bicyclic) bond motifs is 1. The number of rotatable bonds is 6. The van der Waals surface area contributed by atoms with Gasteiger partial charge in [-0.25, -0.2) is 17.5 Å². The summed E-state index contributed by atoms with van der Waals surface area (Å²) in [7, 11) is -3.65. The lowest BCUT2D eigenvalue weighted by molar-refractivity contribution is 0.375. The average Bonchev–Trinajstić information content (AvgIpc) is 3.27. The van der Waals surface area contributed by atoms with Crippen LogP contribution in [0.15, 0.2) is 58.1 Å². The molecule has 0 spiro atoms. The van der Waals surface area contributed by atoms with Crippen molar-refractivity contribution in [1.82, 2.24) is 19.8 Å². The second-order valence-electron chi connectivity index (χ2n) is 6.30. The summed E-state index contributed by atoms with van der Waals surface area (Å²) in [5.74, 6) is 0.573. The molecule has 2 aromatic carbocycles. The molecule has 7 nitrogen and oxygen atoms in total. The lowest BCUT2D eigenvalue weighted by Crippen LogP contribution is -2.26. The van der Waals surface area contributed by atoms with Crippen molar-refractivity contribution in [2.45, 2.75) is 18.2 Å². The Morgan fingerprint density at radius 3 is 2.68 bits per heavy atom. The summed E-state index contributed by atoms with van der Waals surface area (Å²) < 4.78 is 45.7. The maximum Gasteiger partial charge on any atom is 0.240 e. The fraction of sp³-hybridized carbons (Fsp3) is 0.158. The molecule has 0 atom stereocenters. The molecule has 0 amide bonds. The minimum absolute atomic E-state index is 0.153. The summed E-state index contributed by atoms with van der Waals surface area (Å²) in [6, 6.07) is 11.0. The maximum atomic E-state index is 13.3. The molecule has 0 aliphatic carbocycles. The van der Waals surface area contributed by atoms with Gasteiger partial charge in [0.05, 0.1) is 4.90 Å². The number of nitrogens with one attached hydrogen (secondary N) is 2. The molecule has 2 N–H and O–H groups in total. The topological polar surface area (TPSA) is 101 Å². The molecule has 2 aromatic heterocycles. The number of nitrogens with zero attached hydrogens (tertiary/aromatic N) is 2. The first-order chi connectivity index (χ1) is 13.4. The zero-order valence-corrected chi connectivity index (χ0v) is 15.8. The quantitative estimate of drug-likeness (QED) is 0.518. The number of hydrogen-bond donors (Lipinski definition) is 2. The van der Waals surface area contributed by atoms with Crippen molar-refractivity contribution in [2.75, 3.05) is 6.54 Å². The summed E-state index contributed by atoms with van der Waals surface area (Å²) in [4.78, 5) is 7.22. The average molecular weight is 400 g/mol. The molecule has 0 aliphatic rings. The minimum Gasteiger partial charge on any atom is -0.360 e. The van der Waals surface area contributed by atoms with Crippen LogP contribution < -0.4 is 4.72 Å². The predicted molar refractivity (Wildman–Crippen MR) is 102 cm³/mol. The number of aromatic amines is 1. The molecule has 4 aromatic rings. The van der Waals surface area contributed by atoms with Crippen molar-refractivity contribution < 1.29 is 17.3 Å². The van der Waals surface area contributed by atoms with Gasteiger partial charge >= 0.3 is 0 Å². The second kappa shape index (κ2) is 7.17. The number of hydrogen-bond acceptors (Lipinski definition) is 5. The first-order valence-corrected chi connectivity index (χ1v) is 10.1. The summed E-state index contributed by atoms with van der Waals surface area (Å²) in [5, 5.41) is 4.53. The maximum absolute atomic E-state index is 13.3. The Hall–Kier alpha value is -3.04. The van der Waals surface area contributed by atoms with Gasteiger partial charge in [-0.15, -0.1) is 0 Å². The van der Waals surface area contributed by atoms with E-state index in [9.17, 15) is 12.8 Å². The van der Waals surface area contributed by atoms with Crippen LogP contribution in [0.4, 0.5) is 4.39 Å². The Morgan fingerprint density at radius 1 is 1.18 bits per heavy atom. The van der Waals surface area contributed by atoms with Gasteiger partial charge in [-0.2, -0.15) is 4.98 Å². The highest BCUT2D eigenvalue weighted by atomic mass is 32.2. The van der Waals surface area contributed by atoms with Crippen LogP contribution in [0.5, 0.6) is 0 Å². The van der Waals surface area contributed by atoms with E-state index in [1.807, 2.05) is 0 Å². The molecule has 4 rings (SSSR count). The normalized spacial score (nSPS) is 11.9. The van der Waals surface area contributed by atoms with E-state index in [0.717, 1.165) is 16.5 Å². The molecule has 0 aliphatic heterocycles. The van der Waals surface area contributed by atoms with Crippen molar-refractivity contribution in [2.24, 2.45) is 0 Å². The fourth-order valence-electron chi connectivity index (χ4n) is 2.97. The third-order valence-electron chi connectivity index (χ3n) is 4.32. The van der Waals surface area contributed by atoms with Crippen LogP contribution in [0.25, 0.3) is 22.0 Å². The van der Waals surface area contributed by atoms with Gasteiger partial charge in [-0.05, 0) is 42.8 Å². The zero-order valence-electron chi connectivity index (χ0n) is 14.9. The van der Waals surface area contributed by atoms with E-state index in [-0.39, 0.29) is 17.3 Å². The van der Waals surface area contributed by atoms with Crippen molar-refractivity contribution in [3.63, 3.8) is 0 Å². The van der Waals surface area contributed by atoms with Crippen LogP contribution in [-0.4, -0.2) is 30.1 Å². The van der Waals surface area contributed by atoms with Gasteiger partial charge in [-0.3, -0.25) is 0 Å². The largest absolute Gasteiger partial charge is 0.360 e. The number of aromatic nitrogens is 3. The number of aryl methyl sites for hydroxylation is 1. The van der Waals surface area contributed by atoms with Crippen LogP contribution in [0.1, 0.15) is 11.7 Å². The summed E-state index contributed by atoms with van der Waals surface area (Å²) in [6.45, 7) is 1.85. The van der Waals surface area contributed by atoms with E-state index < -0.39 is 10.0 Å². The molecular weight excluding hydrogens is 383 g/mol. The van der Waals surface area contributed by atoms with E-state index in [1.165, 1.54) is 24.3 Å². The number of benzene rings is 2. The fourth-order valence-corrected chi connectivity index (χ4v) is 4.00. The van der Waals surface area contributed by atoms with Crippen molar-refractivity contribution >= 4 is 20.9 Å². The molecule has 2 heterocycles. The lowest BCUT2D eigenvalue weighted by Gasteiger charge is -2.07. The minimum atomic E-state index is -3.65. The monoisotopic (exact) mass is 400 g/mol. The van der Waals surface area contributed by atoms with E-state index in [0.29, 0.717) is 23.7 Å². The number of halogens is 1.